The molecule has 0 spiro atoms. The van der Waals surface area contributed by atoms with Crippen molar-refractivity contribution in [2.45, 2.75) is 6.18 Å². The zero-order valence-corrected chi connectivity index (χ0v) is 14.8. The molecule has 0 aliphatic carbocycles. The van der Waals surface area contributed by atoms with E-state index in [1.165, 1.54) is 12.1 Å². The second kappa shape index (κ2) is 8.27. The third-order valence-corrected chi connectivity index (χ3v) is 4.17. The van der Waals surface area contributed by atoms with Crippen LogP contribution in [0.2, 0.25) is 0 Å². The molecule has 0 fully saturated rings. The van der Waals surface area contributed by atoms with Gasteiger partial charge in [-0.05, 0) is 46.5 Å². The largest absolute Gasteiger partial charge is 0.491 e. The molecule has 0 radical (unpaired) electrons. The van der Waals surface area contributed by atoms with E-state index in [1.54, 1.807) is 7.11 Å². The van der Waals surface area contributed by atoms with Crippen molar-refractivity contribution in [3.63, 3.8) is 0 Å². The fraction of sp³-hybridized carbons (Fsp3) is 0.182. The highest BCUT2D eigenvalue weighted by molar-refractivity contribution is 5.70. The molecule has 0 saturated heterocycles. The molecule has 0 aliphatic rings. The van der Waals surface area contributed by atoms with Crippen molar-refractivity contribution in [1.29, 1.82) is 0 Å². The smallest absolute Gasteiger partial charge is 0.416 e. The highest BCUT2D eigenvalue weighted by Crippen LogP contribution is 2.31. The minimum absolute atomic E-state index is 0.498. The number of rotatable bonds is 6. The van der Waals surface area contributed by atoms with Gasteiger partial charge in [0.2, 0.25) is 0 Å². The molecule has 3 aromatic rings. The third kappa shape index (κ3) is 4.89. The van der Waals surface area contributed by atoms with Gasteiger partial charge in [-0.1, -0.05) is 48.5 Å². The second-order valence-electron chi connectivity index (χ2n) is 6.02. The van der Waals surface area contributed by atoms with Gasteiger partial charge in [0.25, 0.3) is 0 Å². The fourth-order valence-electron chi connectivity index (χ4n) is 2.69. The first kappa shape index (κ1) is 19.0. The number of hydrogen-bond acceptors (Lipinski definition) is 2. The quantitative estimate of drug-likeness (QED) is 0.489. The molecule has 0 unspecified atom stereocenters. The highest BCUT2D eigenvalue weighted by Gasteiger charge is 2.29. The monoisotopic (exact) mass is 372 g/mol. The van der Waals surface area contributed by atoms with Crippen LogP contribution in [-0.2, 0) is 10.9 Å². The average molecular weight is 372 g/mol. The Labute approximate surface area is 156 Å². The summed E-state index contributed by atoms with van der Waals surface area (Å²) >= 11 is 0. The van der Waals surface area contributed by atoms with Crippen LogP contribution >= 0.6 is 0 Å². The summed E-state index contributed by atoms with van der Waals surface area (Å²) < 4.78 is 48.5. The van der Waals surface area contributed by atoms with Crippen LogP contribution in [0, 0.1) is 0 Å². The van der Waals surface area contributed by atoms with E-state index in [4.69, 9.17) is 9.47 Å². The van der Waals surface area contributed by atoms with Gasteiger partial charge in [0, 0.05) is 7.11 Å². The van der Waals surface area contributed by atoms with Crippen molar-refractivity contribution in [3.05, 3.63) is 78.4 Å². The molecule has 2 nitrogen and oxygen atoms in total. The lowest BCUT2D eigenvalue weighted by Crippen LogP contribution is -2.04. The number of alkyl halides is 3. The summed E-state index contributed by atoms with van der Waals surface area (Å²) in [5, 5.41) is 0. The molecule has 0 aliphatic heterocycles. The van der Waals surface area contributed by atoms with Gasteiger partial charge in [0.1, 0.15) is 12.4 Å². The van der Waals surface area contributed by atoms with Crippen molar-refractivity contribution in [1.82, 2.24) is 0 Å². The third-order valence-electron chi connectivity index (χ3n) is 4.17. The van der Waals surface area contributed by atoms with Crippen molar-refractivity contribution in [2.75, 3.05) is 20.3 Å². The molecular formula is C22H19F3O2. The predicted octanol–water partition coefficient (Wildman–Crippen LogP) is 6.06. The van der Waals surface area contributed by atoms with E-state index in [2.05, 4.69) is 0 Å². The molecule has 0 atom stereocenters. The van der Waals surface area contributed by atoms with E-state index in [0.29, 0.717) is 13.2 Å². The normalized spacial score (nSPS) is 11.4. The Hall–Kier alpha value is -2.79. The van der Waals surface area contributed by atoms with Crippen LogP contribution in [-0.4, -0.2) is 20.3 Å². The van der Waals surface area contributed by atoms with E-state index < -0.39 is 11.7 Å². The molecule has 0 saturated carbocycles. The van der Waals surface area contributed by atoms with Crippen LogP contribution in [0.5, 0.6) is 5.75 Å². The molecule has 27 heavy (non-hydrogen) atoms. The topological polar surface area (TPSA) is 18.5 Å². The van der Waals surface area contributed by atoms with Gasteiger partial charge in [-0.15, -0.1) is 0 Å². The van der Waals surface area contributed by atoms with Crippen LogP contribution < -0.4 is 4.74 Å². The SMILES string of the molecule is COCCOc1ccc(-c2ccc(-c3ccc(C(F)(F)F)cc3)cc2)cc1. The van der Waals surface area contributed by atoms with Gasteiger partial charge >= 0.3 is 6.18 Å². The lowest BCUT2D eigenvalue weighted by Gasteiger charge is -2.09. The number of benzene rings is 3. The molecule has 3 aromatic carbocycles. The summed E-state index contributed by atoms with van der Waals surface area (Å²) in [5.41, 5.74) is 3.03. The minimum Gasteiger partial charge on any atom is -0.491 e. The maximum Gasteiger partial charge on any atom is 0.416 e. The van der Waals surface area contributed by atoms with Gasteiger partial charge in [0.15, 0.2) is 0 Å². The Balaban J connectivity index is 1.71. The molecule has 3 rings (SSSR count). The van der Waals surface area contributed by atoms with Crippen LogP contribution in [0.15, 0.2) is 72.8 Å². The fourth-order valence-corrected chi connectivity index (χ4v) is 2.69. The first-order valence-corrected chi connectivity index (χ1v) is 8.47. The Kier molecular flexibility index (Phi) is 5.81. The first-order chi connectivity index (χ1) is 13.0. The van der Waals surface area contributed by atoms with E-state index in [9.17, 15) is 13.2 Å². The number of hydrogen-bond donors (Lipinski definition) is 0. The molecule has 5 heteroatoms. The summed E-state index contributed by atoms with van der Waals surface area (Å²) in [5.74, 6) is 0.775. The molecule has 0 heterocycles. The van der Waals surface area contributed by atoms with E-state index in [0.717, 1.165) is 40.1 Å². The Bertz CT molecular complexity index is 852. The van der Waals surface area contributed by atoms with Crippen LogP contribution in [0.3, 0.4) is 0 Å². The van der Waals surface area contributed by atoms with Crippen molar-refractivity contribution >= 4 is 0 Å². The van der Waals surface area contributed by atoms with Gasteiger partial charge in [-0.2, -0.15) is 13.2 Å². The zero-order valence-electron chi connectivity index (χ0n) is 14.8. The minimum atomic E-state index is -4.32. The maximum atomic E-state index is 12.7. The van der Waals surface area contributed by atoms with Crippen LogP contribution in [0.1, 0.15) is 5.56 Å². The molecule has 0 aromatic heterocycles. The summed E-state index contributed by atoms with van der Waals surface area (Å²) in [7, 11) is 1.63. The number of ether oxygens (including phenoxy) is 2. The highest BCUT2D eigenvalue weighted by atomic mass is 19.4. The molecule has 0 N–H and O–H groups in total. The molecule has 140 valence electrons. The Morgan fingerprint density at radius 2 is 1.04 bits per heavy atom. The van der Waals surface area contributed by atoms with Crippen molar-refractivity contribution in [2.24, 2.45) is 0 Å². The second-order valence-corrected chi connectivity index (χ2v) is 6.02. The summed E-state index contributed by atoms with van der Waals surface area (Å²) in [6.45, 7) is 1.03. The Morgan fingerprint density at radius 3 is 1.44 bits per heavy atom. The number of methoxy groups -OCH3 is 1. The maximum absolute atomic E-state index is 12.7. The average Bonchev–Trinajstić information content (AvgIpc) is 2.68. The predicted molar refractivity (Wildman–Crippen MR) is 99.7 cm³/mol. The number of halogens is 3. The van der Waals surface area contributed by atoms with Gasteiger partial charge in [-0.25, -0.2) is 0 Å². The van der Waals surface area contributed by atoms with Gasteiger partial charge < -0.3 is 9.47 Å². The van der Waals surface area contributed by atoms with E-state index in [-0.39, 0.29) is 0 Å². The van der Waals surface area contributed by atoms with E-state index in [1.807, 2.05) is 48.5 Å². The zero-order chi connectivity index (χ0) is 19.3. The lowest BCUT2D eigenvalue weighted by molar-refractivity contribution is -0.137. The van der Waals surface area contributed by atoms with Crippen molar-refractivity contribution < 1.29 is 22.6 Å². The van der Waals surface area contributed by atoms with Crippen LogP contribution in [0.4, 0.5) is 13.2 Å². The molecular weight excluding hydrogens is 353 g/mol. The van der Waals surface area contributed by atoms with Gasteiger partial charge in [0.05, 0.1) is 12.2 Å². The summed E-state index contributed by atoms with van der Waals surface area (Å²) in [4.78, 5) is 0. The summed E-state index contributed by atoms with van der Waals surface area (Å²) in [6, 6.07) is 20.6. The van der Waals surface area contributed by atoms with Gasteiger partial charge in [-0.3, -0.25) is 0 Å². The lowest BCUT2D eigenvalue weighted by atomic mass is 9.99. The Morgan fingerprint density at radius 1 is 0.630 bits per heavy atom. The standard InChI is InChI=1S/C22H19F3O2/c1-26-14-15-27-21-12-8-19(9-13-21)17-4-2-16(3-5-17)18-6-10-20(11-7-18)22(23,24)25/h2-13H,14-15H2,1H3. The van der Waals surface area contributed by atoms with Crippen molar-refractivity contribution in [3.8, 4) is 28.0 Å². The van der Waals surface area contributed by atoms with Crippen LogP contribution in [0.25, 0.3) is 22.3 Å². The summed E-state index contributed by atoms with van der Waals surface area (Å²) in [6.07, 6.45) is -4.32. The first-order valence-electron chi connectivity index (χ1n) is 8.47. The molecule has 0 bridgehead atoms. The molecule has 0 amide bonds. The van der Waals surface area contributed by atoms with E-state index >= 15 is 0 Å².